The molecule has 0 radical (unpaired) electrons. The molecule has 1 aromatic heterocycles. The van der Waals surface area contributed by atoms with Gasteiger partial charge in [-0.1, -0.05) is 0 Å². The van der Waals surface area contributed by atoms with Gasteiger partial charge in [0.05, 0.1) is 5.03 Å². The molecule has 70 valence electrons. The summed E-state index contributed by atoms with van der Waals surface area (Å²) in [4.78, 5) is 14.4. The molecule has 1 aromatic rings. The number of hydrogen-bond acceptors (Lipinski definition) is 3. The summed E-state index contributed by atoms with van der Waals surface area (Å²) in [6.07, 6.45) is 1.54. The van der Waals surface area contributed by atoms with Gasteiger partial charge in [0.15, 0.2) is 0 Å². The van der Waals surface area contributed by atoms with Crippen molar-refractivity contribution in [3.8, 4) is 0 Å². The second-order valence-electron chi connectivity index (χ2n) is 2.93. The Morgan fingerprint density at radius 2 is 2.23 bits per heavy atom. The molecular weight excluding hydrogens is 182 g/mol. The second kappa shape index (κ2) is 5.02. The second-order valence-corrected chi connectivity index (χ2v) is 4.04. The summed E-state index contributed by atoms with van der Waals surface area (Å²) < 4.78 is 0. The third-order valence-electron chi connectivity index (χ3n) is 1.56. The van der Waals surface area contributed by atoms with Crippen molar-refractivity contribution in [1.29, 1.82) is 0 Å². The number of carbonyl (C=O) groups is 1. The monoisotopic (exact) mass is 195 g/mol. The fourth-order valence-electron chi connectivity index (χ4n) is 1.09. The number of aldehydes is 1. The van der Waals surface area contributed by atoms with E-state index in [1.165, 1.54) is 5.56 Å². The third kappa shape index (κ3) is 3.59. The molecule has 1 rings (SSSR count). The van der Waals surface area contributed by atoms with Crippen molar-refractivity contribution < 1.29 is 4.79 Å². The SMILES string of the molecule is Cc1cc(C)nc(SCCC=O)c1. The Kier molecular flexibility index (Phi) is 3.96. The Hall–Kier alpha value is -0.830. The predicted molar refractivity (Wildman–Crippen MR) is 55.1 cm³/mol. The summed E-state index contributed by atoms with van der Waals surface area (Å²) in [7, 11) is 0. The van der Waals surface area contributed by atoms with Crippen LogP contribution in [0.1, 0.15) is 17.7 Å². The molecule has 0 fully saturated rings. The van der Waals surface area contributed by atoms with Crippen molar-refractivity contribution in [3.63, 3.8) is 0 Å². The minimum absolute atomic E-state index is 0.597. The topological polar surface area (TPSA) is 30.0 Å². The molecule has 1 heterocycles. The van der Waals surface area contributed by atoms with E-state index in [4.69, 9.17) is 0 Å². The quantitative estimate of drug-likeness (QED) is 0.420. The largest absolute Gasteiger partial charge is 0.303 e. The van der Waals surface area contributed by atoms with E-state index in [1.54, 1.807) is 11.8 Å². The Labute approximate surface area is 82.8 Å². The molecular formula is C10H13NOS. The third-order valence-corrected chi connectivity index (χ3v) is 2.50. The van der Waals surface area contributed by atoms with E-state index in [-0.39, 0.29) is 0 Å². The van der Waals surface area contributed by atoms with E-state index in [0.717, 1.165) is 22.8 Å². The first-order valence-electron chi connectivity index (χ1n) is 4.24. The van der Waals surface area contributed by atoms with Gasteiger partial charge in [0.2, 0.25) is 0 Å². The van der Waals surface area contributed by atoms with Gasteiger partial charge in [-0.25, -0.2) is 4.98 Å². The highest BCUT2D eigenvalue weighted by molar-refractivity contribution is 7.99. The van der Waals surface area contributed by atoms with Crippen LogP contribution in [0.25, 0.3) is 0 Å². The minimum Gasteiger partial charge on any atom is -0.303 e. The number of aryl methyl sites for hydroxylation is 2. The predicted octanol–water partition coefficient (Wildman–Crippen LogP) is 2.38. The van der Waals surface area contributed by atoms with E-state index < -0.39 is 0 Å². The highest BCUT2D eigenvalue weighted by Gasteiger charge is 1.97. The molecule has 0 N–H and O–H groups in total. The van der Waals surface area contributed by atoms with Gasteiger partial charge < -0.3 is 4.79 Å². The maximum absolute atomic E-state index is 10.1. The van der Waals surface area contributed by atoms with Crippen molar-refractivity contribution in [2.24, 2.45) is 0 Å². The average molecular weight is 195 g/mol. The summed E-state index contributed by atoms with van der Waals surface area (Å²) in [5.41, 5.74) is 2.26. The first kappa shape index (κ1) is 10.3. The van der Waals surface area contributed by atoms with Crippen molar-refractivity contribution in [3.05, 3.63) is 23.4 Å². The number of hydrogen-bond donors (Lipinski definition) is 0. The zero-order chi connectivity index (χ0) is 9.68. The van der Waals surface area contributed by atoms with E-state index in [2.05, 4.69) is 11.9 Å². The number of thioether (sulfide) groups is 1. The van der Waals surface area contributed by atoms with Crippen molar-refractivity contribution in [1.82, 2.24) is 4.98 Å². The minimum atomic E-state index is 0.597. The summed E-state index contributed by atoms with van der Waals surface area (Å²) in [5.74, 6) is 0.819. The maximum Gasteiger partial charge on any atom is 0.120 e. The molecule has 0 aliphatic rings. The van der Waals surface area contributed by atoms with Crippen LogP contribution in [-0.4, -0.2) is 17.0 Å². The molecule has 0 saturated carbocycles. The summed E-state index contributed by atoms with van der Waals surface area (Å²) in [6.45, 7) is 4.04. The van der Waals surface area contributed by atoms with Crippen LogP contribution in [0.15, 0.2) is 17.2 Å². The van der Waals surface area contributed by atoms with Gasteiger partial charge in [0, 0.05) is 17.9 Å². The number of pyridine rings is 1. The molecule has 13 heavy (non-hydrogen) atoms. The number of rotatable bonds is 4. The molecule has 0 unspecified atom stereocenters. The Bertz CT molecular complexity index is 279. The fourth-order valence-corrected chi connectivity index (χ4v) is 1.99. The van der Waals surface area contributed by atoms with Crippen LogP contribution in [0.5, 0.6) is 0 Å². The van der Waals surface area contributed by atoms with Gasteiger partial charge in [-0.2, -0.15) is 0 Å². The molecule has 0 amide bonds. The van der Waals surface area contributed by atoms with E-state index in [0.29, 0.717) is 6.42 Å². The van der Waals surface area contributed by atoms with Crippen LogP contribution >= 0.6 is 11.8 Å². The lowest BCUT2D eigenvalue weighted by atomic mass is 10.3. The van der Waals surface area contributed by atoms with Crippen LogP contribution in [0.3, 0.4) is 0 Å². The van der Waals surface area contributed by atoms with Gasteiger partial charge in [0.1, 0.15) is 6.29 Å². The Balaban J connectivity index is 2.60. The summed E-state index contributed by atoms with van der Waals surface area (Å²) in [5, 5.41) is 1.01. The van der Waals surface area contributed by atoms with Crippen LogP contribution < -0.4 is 0 Å². The summed E-state index contributed by atoms with van der Waals surface area (Å²) in [6, 6.07) is 4.09. The fraction of sp³-hybridized carbons (Fsp3) is 0.400. The lowest BCUT2D eigenvalue weighted by Gasteiger charge is -2.01. The molecule has 0 saturated heterocycles. The number of nitrogens with zero attached hydrogens (tertiary/aromatic N) is 1. The molecule has 2 nitrogen and oxygen atoms in total. The van der Waals surface area contributed by atoms with Gasteiger partial charge in [-0.3, -0.25) is 0 Å². The zero-order valence-electron chi connectivity index (χ0n) is 7.91. The normalized spacial score (nSPS) is 10.0. The highest BCUT2D eigenvalue weighted by atomic mass is 32.2. The van der Waals surface area contributed by atoms with E-state index >= 15 is 0 Å². The smallest absolute Gasteiger partial charge is 0.120 e. The van der Waals surface area contributed by atoms with Crippen molar-refractivity contribution in [2.75, 3.05) is 5.75 Å². The van der Waals surface area contributed by atoms with Crippen LogP contribution in [0.4, 0.5) is 0 Å². The molecule has 0 aliphatic heterocycles. The van der Waals surface area contributed by atoms with Crippen LogP contribution in [0.2, 0.25) is 0 Å². The van der Waals surface area contributed by atoms with Crippen LogP contribution in [0, 0.1) is 13.8 Å². The first-order chi connectivity index (χ1) is 6.22. The zero-order valence-corrected chi connectivity index (χ0v) is 8.73. The van der Waals surface area contributed by atoms with Crippen LogP contribution in [-0.2, 0) is 4.79 Å². The first-order valence-corrected chi connectivity index (χ1v) is 5.22. The van der Waals surface area contributed by atoms with Gasteiger partial charge in [-0.15, -0.1) is 11.8 Å². The highest BCUT2D eigenvalue weighted by Crippen LogP contribution is 2.17. The summed E-state index contributed by atoms with van der Waals surface area (Å²) >= 11 is 1.63. The van der Waals surface area contributed by atoms with Crippen molar-refractivity contribution >= 4 is 18.0 Å². The lowest BCUT2D eigenvalue weighted by Crippen LogP contribution is -1.88. The maximum atomic E-state index is 10.1. The average Bonchev–Trinajstić information content (AvgIpc) is 2.03. The molecule has 0 aromatic carbocycles. The number of carbonyl (C=O) groups excluding carboxylic acids is 1. The molecule has 0 aliphatic carbocycles. The van der Waals surface area contributed by atoms with E-state index in [9.17, 15) is 4.79 Å². The molecule has 0 atom stereocenters. The molecule has 0 bridgehead atoms. The van der Waals surface area contributed by atoms with Gasteiger partial charge in [-0.05, 0) is 31.5 Å². The van der Waals surface area contributed by atoms with E-state index in [1.807, 2.05) is 19.1 Å². The Morgan fingerprint density at radius 1 is 1.46 bits per heavy atom. The molecule has 0 spiro atoms. The number of aromatic nitrogens is 1. The standard InChI is InChI=1S/C10H13NOS/c1-8-6-9(2)11-10(7-8)13-5-3-4-12/h4,6-7H,3,5H2,1-2H3. The Morgan fingerprint density at radius 3 is 2.85 bits per heavy atom. The van der Waals surface area contributed by atoms with Gasteiger partial charge in [0.25, 0.3) is 0 Å². The lowest BCUT2D eigenvalue weighted by molar-refractivity contribution is -0.107. The molecule has 3 heteroatoms. The van der Waals surface area contributed by atoms with Crippen molar-refractivity contribution in [2.45, 2.75) is 25.3 Å². The van der Waals surface area contributed by atoms with Gasteiger partial charge >= 0.3 is 0 Å².